The van der Waals surface area contributed by atoms with Crippen molar-refractivity contribution in [3.8, 4) is 17.0 Å². The van der Waals surface area contributed by atoms with Crippen molar-refractivity contribution in [3.63, 3.8) is 0 Å². The molecule has 0 unspecified atom stereocenters. The average molecular weight is 498 g/mol. The third kappa shape index (κ3) is 4.76. The van der Waals surface area contributed by atoms with Gasteiger partial charge in [-0.3, -0.25) is 9.59 Å². The molecule has 5 rings (SSSR count). The van der Waals surface area contributed by atoms with Gasteiger partial charge in [0.2, 0.25) is 5.91 Å². The van der Waals surface area contributed by atoms with Crippen molar-refractivity contribution in [3.05, 3.63) is 41.6 Å². The first kappa shape index (κ1) is 24.1. The highest BCUT2D eigenvalue weighted by atomic mass is 19.1. The van der Waals surface area contributed by atoms with Crippen LogP contribution in [0, 0.1) is 18.7 Å². The molecule has 0 radical (unpaired) electrons. The van der Waals surface area contributed by atoms with Gasteiger partial charge in [-0.1, -0.05) is 0 Å². The van der Waals surface area contributed by atoms with Crippen molar-refractivity contribution in [2.45, 2.75) is 38.3 Å². The van der Waals surface area contributed by atoms with Gasteiger partial charge in [-0.05, 0) is 44.2 Å². The minimum absolute atomic E-state index is 0.0255. The number of carbonyl (C=O) groups is 2. The van der Waals surface area contributed by atoms with Gasteiger partial charge in [0.1, 0.15) is 35.7 Å². The first-order valence-corrected chi connectivity index (χ1v) is 12.0. The molecule has 2 fully saturated rings. The SMILES string of the molecule is Cc1[nH]c2c(-c3ccc(F)cc3OCC3CC3)ncnc2c1C(=O)N[C@H]1CCN(C(=O)CO)C[C@H]1O. The molecule has 2 amide bonds. The van der Waals surface area contributed by atoms with Gasteiger partial charge in [0.15, 0.2) is 0 Å². The van der Waals surface area contributed by atoms with Gasteiger partial charge < -0.3 is 30.2 Å². The van der Waals surface area contributed by atoms with Crippen LogP contribution < -0.4 is 10.1 Å². The number of amides is 2. The number of fused-ring (bicyclic) bond motifs is 1. The normalized spacial score (nSPS) is 19.9. The molecule has 2 atom stereocenters. The highest BCUT2D eigenvalue weighted by Gasteiger charge is 2.32. The molecule has 1 aliphatic carbocycles. The Labute approximate surface area is 206 Å². The number of benzene rings is 1. The summed E-state index contributed by atoms with van der Waals surface area (Å²) in [6, 6.07) is 3.72. The maximum atomic E-state index is 14.0. The predicted octanol–water partition coefficient (Wildman–Crippen LogP) is 1.55. The van der Waals surface area contributed by atoms with Crippen molar-refractivity contribution in [1.82, 2.24) is 25.2 Å². The van der Waals surface area contributed by atoms with E-state index in [2.05, 4.69) is 20.3 Å². The largest absolute Gasteiger partial charge is 0.492 e. The van der Waals surface area contributed by atoms with Crippen molar-refractivity contribution < 1.29 is 28.9 Å². The number of piperidine rings is 1. The molecule has 1 saturated heterocycles. The summed E-state index contributed by atoms with van der Waals surface area (Å²) in [6.07, 6.45) is 2.92. The van der Waals surface area contributed by atoms with Crippen LogP contribution in [0.2, 0.25) is 0 Å². The minimum atomic E-state index is -0.973. The summed E-state index contributed by atoms with van der Waals surface area (Å²) < 4.78 is 19.9. The maximum absolute atomic E-state index is 14.0. The molecule has 11 heteroatoms. The van der Waals surface area contributed by atoms with E-state index >= 15 is 0 Å². The van der Waals surface area contributed by atoms with Crippen LogP contribution in [0.4, 0.5) is 4.39 Å². The number of ether oxygens (including phenoxy) is 1. The van der Waals surface area contributed by atoms with E-state index in [1.807, 2.05) is 0 Å². The van der Waals surface area contributed by atoms with Gasteiger partial charge in [0, 0.05) is 30.4 Å². The van der Waals surface area contributed by atoms with Gasteiger partial charge in [0.25, 0.3) is 5.91 Å². The summed E-state index contributed by atoms with van der Waals surface area (Å²) in [5.74, 6) is -0.426. The fourth-order valence-electron chi connectivity index (χ4n) is 4.57. The summed E-state index contributed by atoms with van der Waals surface area (Å²) in [5, 5.41) is 22.4. The molecule has 0 bridgehead atoms. The highest BCUT2D eigenvalue weighted by molar-refractivity contribution is 6.09. The zero-order valence-corrected chi connectivity index (χ0v) is 19.8. The molecule has 1 aromatic carbocycles. The highest BCUT2D eigenvalue weighted by Crippen LogP contribution is 2.36. The second-order valence-corrected chi connectivity index (χ2v) is 9.40. The third-order valence-electron chi connectivity index (χ3n) is 6.76. The van der Waals surface area contributed by atoms with E-state index in [4.69, 9.17) is 9.84 Å². The van der Waals surface area contributed by atoms with Crippen molar-refractivity contribution in [2.24, 2.45) is 5.92 Å². The number of aliphatic hydroxyl groups excluding tert-OH is 2. The number of rotatable bonds is 7. The molecular formula is C25H28FN5O5. The summed E-state index contributed by atoms with van der Waals surface area (Å²) in [6.45, 7) is 1.97. The molecule has 1 saturated carbocycles. The van der Waals surface area contributed by atoms with Crippen LogP contribution in [0.3, 0.4) is 0 Å². The molecule has 2 aliphatic rings. The Morgan fingerprint density at radius 3 is 2.81 bits per heavy atom. The van der Waals surface area contributed by atoms with E-state index in [-0.39, 0.29) is 6.54 Å². The molecular weight excluding hydrogens is 469 g/mol. The van der Waals surface area contributed by atoms with Gasteiger partial charge in [-0.25, -0.2) is 14.4 Å². The van der Waals surface area contributed by atoms with Crippen LogP contribution in [-0.2, 0) is 4.79 Å². The maximum Gasteiger partial charge on any atom is 0.255 e. The van der Waals surface area contributed by atoms with Crippen LogP contribution in [-0.4, -0.2) is 80.3 Å². The lowest BCUT2D eigenvalue weighted by molar-refractivity contribution is -0.137. The number of nitrogens with one attached hydrogen (secondary N) is 2. The topological polar surface area (TPSA) is 141 Å². The van der Waals surface area contributed by atoms with Crippen molar-refractivity contribution in [2.75, 3.05) is 26.3 Å². The van der Waals surface area contributed by atoms with Crippen LogP contribution >= 0.6 is 0 Å². The fourth-order valence-corrected chi connectivity index (χ4v) is 4.57. The van der Waals surface area contributed by atoms with E-state index < -0.39 is 36.4 Å². The van der Waals surface area contributed by atoms with Crippen LogP contribution in [0.15, 0.2) is 24.5 Å². The number of halogens is 1. The van der Waals surface area contributed by atoms with Gasteiger partial charge in [0.05, 0.1) is 29.8 Å². The number of hydrogen-bond donors (Lipinski definition) is 4. The van der Waals surface area contributed by atoms with E-state index in [9.17, 15) is 19.1 Å². The number of nitrogens with zero attached hydrogens (tertiary/aromatic N) is 3. The van der Waals surface area contributed by atoms with Gasteiger partial charge >= 0.3 is 0 Å². The number of H-pyrrole nitrogens is 1. The lowest BCUT2D eigenvalue weighted by Crippen LogP contribution is -2.55. The number of aromatic amines is 1. The standard InChI is InChI=1S/C25H28FN5O5/c1-13-21(25(35)30-17-6-7-31(9-18(17)33)20(34)10-32)23-24(29-13)22(27-12-28-23)16-5-4-15(26)8-19(16)36-11-14-2-3-14/h4-5,8,12,14,17-18,29,32-33H,2-3,6-7,9-11H2,1H3,(H,30,35)/t17-,18+/m0/s1. The molecule has 10 nitrogen and oxygen atoms in total. The zero-order valence-electron chi connectivity index (χ0n) is 19.8. The minimum Gasteiger partial charge on any atom is -0.492 e. The second-order valence-electron chi connectivity index (χ2n) is 9.40. The van der Waals surface area contributed by atoms with E-state index in [1.54, 1.807) is 13.0 Å². The first-order chi connectivity index (χ1) is 17.4. The summed E-state index contributed by atoms with van der Waals surface area (Å²) in [4.78, 5) is 38.3. The number of aromatic nitrogens is 3. The Balaban J connectivity index is 1.42. The first-order valence-electron chi connectivity index (χ1n) is 12.0. The summed E-state index contributed by atoms with van der Waals surface area (Å²) in [5.41, 5.74) is 2.88. The monoisotopic (exact) mass is 497 g/mol. The van der Waals surface area contributed by atoms with Crippen molar-refractivity contribution in [1.29, 1.82) is 0 Å². The second kappa shape index (κ2) is 9.82. The lowest BCUT2D eigenvalue weighted by Gasteiger charge is -2.36. The summed E-state index contributed by atoms with van der Waals surface area (Å²) in [7, 11) is 0. The molecule has 3 aromatic rings. The Morgan fingerprint density at radius 1 is 1.28 bits per heavy atom. The number of aliphatic hydroxyl groups is 2. The lowest BCUT2D eigenvalue weighted by atomic mass is 10.0. The molecule has 4 N–H and O–H groups in total. The molecule has 36 heavy (non-hydrogen) atoms. The zero-order chi connectivity index (χ0) is 25.4. The quantitative estimate of drug-likeness (QED) is 0.388. The van der Waals surface area contributed by atoms with E-state index in [1.165, 1.54) is 23.4 Å². The van der Waals surface area contributed by atoms with Gasteiger partial charge in [-0.2, -0.15) is 0 Å². The molecule has 0 spiro atoms. The van der Waals surface area contributed by atoms with Crippen LogP contribution in [0.25, 0.3) is 22.3 Å². The van der Waals surface area contributed by atoms with Crippen LogP contribution in [0.5, 0.6) is 5.75 Å². The number of likely N-dealkylation sites (tertiary alicyclic amines) is 1. The Hall–Kier alpha value is -3.57. The number of carbonyl (C=O) groups excluding carboxylic acids is 2. The third-order valence-corrected chi connectivity index (χ3v) is 6.76. The molecule has 2 aromatic heterocycles. The smallest absolute Gasteiger partial charge is 0.255 e. The Morgan fingerprint density at radius 2 is 2.08 bits per heavy atom. The van der Waals surface area contributed by atoms with Crippen LogP contribution in [0.1, 0.15) is 35.3 Å². The van der Waals surface area contributed by atoms with Gasteiger partial charge in [-0.15, -0.1) is 0 Å². The molecule has 190 valence electrons. The van der Waals surface area contributed by atoms with Crippen molar-refractivity contribution >= 4 is 22.8 Å². The van der Waals surface area contributed by atoms with E-state index in [0.717, 1.165) is 12.8 Å². The Bertz CT molecular complexity index is 1310. The average Bonchev–Trinajstić information content (AvgIpc) is 3.63. The van der Waals surface area contributed by atoms with E-state index in [0.29, 0.717) is 64.8 Å². The fraction of sp³-hybridized carbons (Fsp3) is 0.440. The molecule has 1 aliphatic heterocycles. The molecule has 3 heterocycles. The number of aryl methyl sites for hydroxylation is 1. The number of hydrogen-bond acceptors (Lipinski definition) is 7. The summed E-state index contributed by atoms with van der Waals surface area (Å²) >= 11 is 0. The Kier molecular flexibility index (Phi) is 6.59. The number of β-amino-alcohol motifs (C(OH)–C–C–N with tert-alkyl or cyclic N) is 1. The predicted molar refractivity (Wildman–Crippen MR) is 128 cm³/mol.